The zero-order valence-electron chi connectivity index (χ0n) is 20.4. The van der Waals surface area contributed by atoms with E-state index in [-0.39, 0.29) is 30.0 Å². The molecule has 2 aromatic rings. The highest BCUT2D eigenvalue weighted by molar-refractivity contribution is 6.09. The van der Waals surface area contributed by atoms with E-state index in [2.05, 4.69) is 40.3 Å². The van der Waals surface area contributed by atoms with Crippen LogP contribution in [0.1, 0.15) is 66.9 Å². The molecule has 2 heterocycles. The van der Waals surface area contributed by atoms with Crippen molar-refractivity contribution in [2.75, 3.05) is 13.7 Å². The van der Waals surface area contributed by atoms with Gasteiger partial charge in [0.15, 0.2) is 11.4 Å². The van der Waals surface area contributed by atoms with Crippen molar-refractivity contribution in [3.63, 3.8) is 0 Å². The van der Waals surface area contributed by atoms with Crippen LogP contribution in [0.2, 0.25) is 0 Å². The van der Waals surface area contributed by atoms with Gasteiger partial charge in [0.2, 0.25) is 0 Å². The fraction of sp³-hybridized carbons (Fsp3) is 0.536. The van der Waals surface area contributed by atoms with Crippen LogP contribution in [0.25, 0.3) is 0 Å². The Hall–Kier alpha value is -3.11. The number of fused-ring (bicyclic) bond motifs is 3. The van der Waals surface area contributed by atoms with Crippen molar-refractivity contribution in [2.24, 2.45) is 11.3 Å². The lowest BCUT2D eigenvalue weighted by Gasteiger charge is -2.46. The Morgan fingerprint density at radius 1 is 1.23 bits per heavy atom. The van der Waals surface area contributed by atoms with E-state index in [0.29, 0.717) is 24.0 Å². The summed E-state index contributed by atoms with van der Waals surface area (Å²) in [7, 11) is 1.75. The number of methoxy groups -OCH3 is 1. The molecule has 3 amide bonds. The molecule has 3 aliphatic carbocycles. The summed E-state index contributed by atoms with van der Waals surface area (Å²) >= 11 is 0. The Balaban J connectivity index is 1.38. The van der Waals surface area contributed by atoms with Gasteiger partial charge in [0.05, 0.1) is 12.3 Å². The molecule has 1 N–H and O–H groups in total. The highest BCUT2D eigenvalue weighted by Crippen LogP contribution is 2.60. The standard InChI is InChI=1S/C28H31N3O4/c1-18-17-29-24(35-18)11-14-31-25(32)28(30-26(31)33)23-15-20(6-5-19-3-4-19)7-8-21(23)16-27(28)12-9-22(34-2)10-13-27/h7-8,15,17,19,22H,3-4,9-14,16H2,1-2H3,(H,30,33). The number of nitrogens with one attached hydrogen (secondary N) is 1. The Kier molecular flexibility index (Phi) is 5.26. The van der Waals surface area contributed by atoms with E-state index in [4.69, 9.17) is 9.15 Å². The maximum absolute atomic E-state index is 14.3. The first-order valence-electron chi connectivity index (χ1n) is 12.7. The number of rotatable bonds is 4. The molecule has 35 heavy (non-hydrogen) atoms. The summed E-state index contributed by atoms with van der Waals surface area (Å²) < 4.78 is 11.2. The van der Waals surface area contributed by atoms with Crippen LogP contribution < -0.4 is 5.32 Å². The van der Waals surface area contributed by atoms with Crippen LogP contribution >= 0.6 is 0 Å². The average Bonchev–Trinajstić information content (AvgIpc) is 3.47. The molecule has 1 saturated heterocycles. The number of amides is 3. The molecule has 0 bridgehead atoms. The number of carbonyl (C=O) groups is 2. The minimum Gasteiger partial charge on any atom is -0.446 e. The van der Waals surface area contributed by atoms with Gasteiger partial charge in [0.25, 0.3) is 5.91 Å². The average molecular weight is 474 g/mol. The van der Waals surface area contributed by atoms with Crippen molar-refractivity contribution in [1.82, 2.24) is 15.2 Å². The number of hydrogen-bond donors (Lipinski definition) is 1. The number of carbonyl (C=O) groups excluding carboxylic acids is 2. The van der Waals surface area contributed by atoms with Gasteiger partial charge < -0.3 is 14.5 Å². The maximum Gasteiger partial charge on any atom is 0.325 e. The predicted molar refractivity (Wildman–Crippen MR) is 128 cm³/mol. The number of hydrogen-bond acceptors (Lipinski definition) is 5. The van der Waals surface area contributed by atoms with Gasteiger partial charge in [-0.3, -0.25) is 9.69 Å². The van der Waals surface area contributed by atoms with Crippen LogP contribution in [0.5, 0.6) is 0 Å². The molecule has 7 heteroatoms. The molecule has 4 aliphatic rings. The largest absolute Gasteiger partial charge is 0.446 e. The van der Waals surface area contributed by atoms with Crippen molar-refractivity contribution >= 4 is 11.9 Å². The van der Waals surface area contributed by atoms with E-state index in [1.807, 2.05) is 6.92 Å². The van der Waals surface area contributed by atoms with E-state index >= 15 is 0 Å². The van der Waals surface area contributed by atoms with Gasteiger partial charge in [-0.15, -0.1) is 0 Å². The molecule has 1 aromatic carbocycles. The van der Waals surface area contributed by atoms with E-state index in [1.165, 1.54) is 17.7 Å². The number of benzene rings is 1. The molecule has 1 atom stereocenters. The second kappa shape index (κ2) is 8.23. The van der Waals surface area contributed by atoms with E-state index in [1.54, 1.807) is 13.3 Å². The molecule has 182 valence electrons. The minimum absolute atomic E-state index is 0.160. The number of nitrogens with zero attached hydrogens (tertiary/aromatic N) is 2. The van der Waals surface area contributed by atoms with Gasteiger partial charge in [0.1, 0.15) is 5.76 Å². The van der Waals surface area contributed by atoms with Crippen LogP contribution in [-0.4, -0.2) is 41.6 Å². The highest BCUT2D eigenvalue weighted by Gasteiger charge is 2.68. The highest BCUT2D eigenvalue weighted by atomic mass is 16.5. The zero-order chi connectivity index (χ0) is 24.2. The first-order chi connectivity index (χ1) is 16.9. The molecule has 1 aromatic heterocycles. The normalized spacial score (nSPS) is 29.4. The lowest BCUT2D eigenvalue weighted by molar-refractivity contribution is -0.138. The second-order valence-electron chi connectivity index (χ2n) is 10.6. The smallest absolute Gasteiger partial charge is 0.325 e. The summed E-state index contributed by atoms with van der Waals surface area (Å²) in [5.74, 6) is 8.22. The number of oxazole rings is 1. The topological polar surface area (TPSA) is 84.7 Å². The Morgan fingerprint density at radius 2 is 2.03 bits per heavy atom. The molecule has 2 saturated carbocycles. The third kappa shape index (κ3) is 3.58. The summed E-state index contributed by atoms with van der Waals surface area (Å²) in [6.45, 7) is 2.07. The van der Waals surface area contributed by atoms with Crippen LogP contribution in [0.15, 0.2) is 28.8 Å². The lowest BCUT2D eigenvalue weighted by Crippen LogP contribution is -2.56. The van der Waals surface area contributed by atoms with Crippen LogP contribution in [0.3, 0.4) is 0 Å². The summed E-state index contributed by atoms with van der Waals surface area (Å²) in [6.07, 6.45) is 8.73. The fourth-order valence-corrected chi connectivity index (χ4v) is 6.33. The van der Waals surface area contributed by atoms with E-state index in [0.717, 1.165) is 48.8 Å². The SMILES string of the molecule is COC1CCC2(CC1)Cc1ccc(C#CC3CC3)cc1C21NC(=O)N(CCc2ncc(C)o2)C1=O. The molecule has 6 rings (SSSR count). The Morgan fingerprint density at radius 3 is 2.71 bits per heavy atom. The molecular formula is C28H31N3O4. The van der Waals surface area contributed by atoms with Crippen molar-refractivity contribution in [2.45, 2.75) is 69.9 Å². The maximum atomic E-state index is 14.3. The fourth-order valence-electron chi connectivity index (χ4n) is 6.33. The van der Waals surface area contributed by atoms with Crippen LogP contribution in [-0.2, 0) is 27.9 Å². The Bertz CT molecular complexity index is 1240. The summed E-state index contributed by atoms with van der Waals surface area (Å²) in [5.41, 5.74) is 1.53. The molecule has 3 fully saturated rings. The predicted octanol–water partition coefficient (Wildman–Crippen LogP) is 3.87. The van der Waals surface area contributed by atoms with Gasteiger partial charge in [-0.05, 0) is 75.1 Å². The monoisotopic (exact) mass is 473 g/mol. The summed E-state index contributed by atoms with van der Waals surface area (Å²) in [4.78, 5) is 33.2. The Labute approximate surface area is 205 Å². The lowest BCUT2D eigenvalue weighted by atomic mass is 9.61. The van der Waals surface area contributed by atoms with Crippen molar-refractivity contribution in [3.05, 3.63) is 52.7 Å². The van der Waals surface area contributed by atoms with Crippen LogP contribution in [0, 0.1) is 30.1 Å². The number of aromatic nitrogens is 1. The third-order valence-electron chi connectivity index (χ3n) is 8.38. The molecular weight excluding hydrogens is 442 g/mol. The van der Waals surface area contributed by atoms with Gasteiger partial charge in [-0.25, -0.2) is 9.78 Å². The van der Waals surface area contributed by atoms with Gasteiger partial charge in [0, 0.05) is 37.0 Å². The van der Waals surface area contributed by atoms with E-state index in [9.17, 15) is 9.59 Å². The van der Waals surface area contributed by atoms with Gasteiger partial charge >= 0.3 is 6.03 Å². The zero-order valence-corrected chi connectivity index (χ0v) is 20.4. The first kappa shape index (κ1) is 22.4. The van der Waals surface area contributed by atoms with E-state index < -0.39 is 5.54 Å². The van der Waals surface area contributed by atoms with Crippen molar-refractivity contribution in [3.8, 4) is 11.8 Å². The van der Waals surface area contributed by atoms with Crippen LogP contribution in [0.4, 0.5) is 4.79 Å². The van der Waals surface area contributed by atoms with Crippen molar-refractivity contribution in [1.29, 1.82) is 0 Å². The first-order valence-corrected chi connectivity index (χ1v) is 12.7. The number of imide groups is 1. The number of urea groups is 1. The minimum atomic E-state index is -1.07. The summed E-state index contributed by atoms with van der Waals surface area (Å²) in [5, 5.41) is 3.22. The molecule has 1 aliphatic heterocycles. The molecule has 0 radical (unpaired) electrons. The molecule has 1 unspecified atom stereocenters. The summed E-state index contributed by atoms with van der Waals surface area (Å²) in [6, 6.07) is 5.89. The second-order valence-corrected chi connectivity index (χ2v) is 10.6. The van der Waals surface area contributed by atoms with Crippen molar-refractivity contribution < 1.29 is 18.7 Å². The number of aryl methyl sites for hydroxylation is 1. The van der Waals surface area contributed by atoms with Gasteiger partial charge in [-0.2, -0.15) is 0 Å². The molecule has 2 spiro atoms. The quantitative estimate of drug-likeness (QED) is 0.538. The molecule has 7 nitrogen and oxygen atoms in total. The van der Waals surface area contributed by atoms with Gasteiger partial charge in [-0.1, -0.05) is 17.9 Å². The number of ether oxygens (including phenoxy) is 1. The third-order valence-corrected chi connectivity index (χ3v) is 8.38.